The molecule has 0 N–H and O–H groups in total. The van der Waals surface area contributed by atoms with E-state index in [4.69, 9.17) is 0 Å². The Hall–Kier alpha value is 0.464. The van der Waals surface area contributed by atoms with Gasteiger partial charge in [-0.1, -0.05) is 59.3 Å². The molecule has 0 aliphatic heterocycles. The SMILES string of the molecule is CCCC[O-].CCCC[O-].CCCC[O-].[V]. The summed E-state index contributed by atoms with van der Waals surface area (Å²) < 4.78 is 0. The maximum absolute atomic E-state index is 9.53. The van der Waals surface area contributed by atoms with Gasteiger partial charge in [-0.05, 0) is 0 Å². The Morgan fingerprint density at radius 1 is 0.562 bits per heavy atom. The normalized spacial score (nSPS) is 7.88. The molecule has 0 aromatic rings. The first kappa shape index (κ1) is 25.3. The van der Waals surface area contributed by atoms with Crippen molar-refractivity contribution in [2.75, 3.05) is 19.8 Å². The quantitative estimate of drug-likeness (QED) is 0.703. The van der Waals surface area contributed by atoms with E-state index >= 15 is 0 Å². The van der Waals surface area contributed by atoms with Gasteiger partial charge >= 0.3 is 0 Å². The van der Waals surface area contributed by atoms with Crippen LogP contribution in [0.4, 0.5) is 0 Å². The summed E-state index contributed by atoms with van der Waals surface area (Å²) in [5.41, 5.74) is 0. The predicted octanol–water partition coefficient (Wildman–Crippen LogP) is 0.438. The molecule has 0 saturated carbocycles. The summed E-state index contributed by atoms with van der Waals surface area (Å²) in [4.78, 5) is 0. The van der Waals surface area contributed by atoms with E-state index in [1.807, 2.05) is 20.8 Å². The molecular weight excluding hydrogens is 243 g/mol. The molecule has 0 saturated heterocycles. The molecule has 16 heavy (non-hydrogen) atoms. The molecule has 0 atom stereocenters. The van der Waals surface area contributed by atoms with Crippen LogP contribution in [0, 0.1) is 0 Å². The molecule has 3 nitrogen and oxygen atoms in total. The summed E-state index contributed by atoms with van der Waals surface area (Å²) in [5.74, 6) is 0. The van der Waals surface area contributed by atoms with Crippen molar-refractivity contribution in [2.24, 2.45) is 0 Å². The molecule has 0 fully saturated rings. The third-order valence-corrected chi connectivity index (χ3v) is 1.49. The Balaban J connectivity index is -0.0000000655. The maximum Gasteiger partial charge on any atom is 0 e. The first-order chi connectivity index (χ1) is 7.24. The van der Waals surface area contributed by atoms with Gasteiger partial charge in [0.25, 0.3) is 0 Å². The van der Waals surface area contributed by atoms with Crippen LogP contribution in [0.25, 0.3) is 0 Å². The monoisotopic (exact) mass is 270 g/mol. The van der Waals surface area contributed by atoms with Gasteiger partial charge in [-0.25, -0.2) is 0 Å². The smallest absolute Gasteiger partial charge is 0 e. The molecule has 0 aliphatic rings. The minimum Gasteiger partial charge on any atom is -0.854 e. The summed E-state index contributed by atoms with van der Waals surface area (Å²) in [7, 11) is 0. The fourth-order valence-corrected chi connectivity index (χ4v) is 0.433. The van der Waals surface area contributed by atoms with Crippen molar-refractivity contribution < 1.29 is 33.9 Å². The van der Waals surface area contributed by atoms with Crippen molar-refractivity contribution in [1.82, 2.24) is 0 Å². The van der Waals surface area contributed by atoms with E-state index in [1.54, 1.807) is 0 Å². The minimum atomic E-state index is 0. The number of rotatable bonds is 6. The van der Waals surface area contributed by atoms with Gasteiger partial charge in [0, 0.05) is 18.6 Å². The summed E-state index contributed by atoms with van der Waals surface area (Å²) >= 11 is 0. The standard InChI is InChI=1S/3C4H9O.V/c3*1-2-3-4-5;/h3*2-4H2,1H3;/q3*-1;. The second kappa shape index (κ2) is 36.1. The second-order valence-electron chi connectivity index (χ2n) is 3.17. The Kier molecular flexibility index (Phi) is 57.2. The molecule has 0 rings (SSSR count). The molecule has 0 amide bonds. The molecule has 4 heteroatoms. The zero-order valence-electron chi connectivity index (χ0n) is 11.0. The topological polar surface area (TPSA) is 69.2 Å². The van der Waals surface area contributed by atoms with Crippen LogP contribution in [0.15, 0.2) is 0 Å². The average Bonchev–Trinajstić information content (AvgIpc) is 2.23. The van der Waals surface area contributed by atoms with E-state index in [2.05, 4.69) is 0 Å². The van der Waals surface area contributed by atoms with Crippen molar-refractivity contribution in [3.05, 3.63) is 0 Å². The fourth-order valence-electron chi connectivity index (χ4n) is 0.433. The summed E-state index contributed by atoms with van der Waals surface area (Å²) in [6.45, 7) is 6.32. The summed E-state index contributed by atoms with van der Waals surface area (Å²) in [5, 5.41) is 28.6. The van der Waals surface area contributed by atoms with Gasteiger partial charge in [0.1, 0.15) is 0 Å². The van der Waals surface area contributed by atoms with E-state index in [9.17, 15) is 15.3 Å². The number of hydrogen-bond acceptors (Lipinski definition) is 3. The van der Waals surface area contributed by atoms with Crippen LogP contribution in [-0.4, -0.2) is 19.8 Å². The predicted molar refractivity (Wildman–Crippen MR) is 59.3 cm³/mol. The molecule has 101 valence electrons. The Morgan fingerprint density at radius 2 is 0.750 bits per heavy atom. The third kappa shape index (κ3) is 62.8. The van der Waals surface area contributed by atoms with Crippen LogP contribution in [0.5, 0.6) is 0 Å². The number of unbranched alkanes of at least 4 members (excludes halogenated alkanes) is 3. The van der Waals surface area contributed by atoms with Crippen molar-refractivity contribution in [3.63, 3.8) is 0 Å². The van der Waals surface area contributed by atoms with Gasteiger partial charge in [0.05, 0.1) is 0 Å². The maximum atomic E-state index is 9.53. The van der Waals surface area contributed by atoms with Gasteiger partial charge < -0.3 is 15.3 Å². The molecule has 0 aromatic heterocycles. The minimum absolute atomic E-state index is 0. The zero-order valence-corrected chi connectivity index (χ0v) is 12.4. The number of hydrogen-bond donors (Lipinski definition) is 0. The van der Waals surface area contributed by atoms with Crippen LogP contribution >= 0.6 is 0 Å². The van der Waals surface area contributed by atoms with Crippen LogP contribution in [-0.2, 0) is 18.6 Å². The van der Waals surface area contributed by atoms with Crippen molar-refractivity contribution in [3.8, 4) is 0 Å². The van der Waals surface area contributed by atoms with Crippen molar-refractivity contribution in [1.29, 1.82) is 0 Å². The second-order valence-corrected chi connectivity index (χ2v) is 3.17. The molecular formula is C12H27O3V-3. The van der Waals surface area contributed by atoms with Gasteiger partial charge in [0.2, 0.25) is 0 Å². The fraction of sp³-hybridized carbons (Fsp3) is 1.00. The largest absolute Gasteiger partial charge is 0.854 e. The van der Waals surface area contributed by atoms with E-state index in [1.165, 1.54) is 0 Å². The molecule has 0 heterocycles. The third-order valence-electron chi connectivity index (χ3n) is 1.49. The van der Waals surface area contributed by atoms with Crippen molar-refractivity contribution in [2.45, 2.75) is 59.3 Å². The molecule has 0 unspecified atom stereocenters. The summed E-state index contributed by atoms with van der Waals surface area (Å²) in [6, 6.07) is 0. The van der Waals surface area contributed by atoms with Crippen LogP contribution in [0.3, 0.4) is 0 Å². The van der Waals surface area contributed by atoms with Gasteiger partial charge in [0.15, 0.2) is 0 Å². The van der Waals surface area contributed by atoms with Gasteiger partial charge in [-0.2, -0.15) is 0 Å². The van der Waals surface area contributed by atoms with Gasteiger partial charge in [-0.15, -0.1) is 19.8 Å². The van der Waals surface area contributed by atoms with Crippen molar-refractivity contribution >= 4 is 0 Å². The van der Waals surface area contributed by atoms with Crippen LogP contribution < -0.4 is 15.3 Å². The van der Waals surface area contributed by atoms with Crippen LogP contribution in [0.2, 0.25) is 0 Å². The van der Waals surface area contributed by atoms with E-state index < -0.39 is 0 Å². The van der Waals surface area contributed by atoms with Crippen LogP contribution in [0.1, 0.15) is 59.3 Å². The Bertz CT molecular complexity index is 53.0. The first-order valence-corrected chi connectivity index (χ1v) is 5.99. The molecule has 0 aliphatic carbocycles. The molecule has 1 radical (unpaired) electrons. The molecule has 0 bridgehead atoms. The molecule has 0 spiro atoms. The van der Waals surface area contributed by atoms with E-state index in [0.717, 1.165) is 38.5 Å². The van der Waals surface area contributed by atoms with Gasteiger partial charge in [-0.3, -0.25) is 0 Å². The Labute approximate surface area is 113 Å². The Morgan fingerprint density at radius 3 is 0.750 bits per heavy atom. The first-order valence-electron chi connectivity index (χ1n) is 5.99. The summed E-state index contributed by atoms with van der Waals surface area (Å²) in [6.07, 6.45) is 5.59. The zero-order chi connectivity index (χ0) is 12.4. The molecule has 0 aromatic carbocycles. The van der Waals surface area contributed by atoms with E-state index in [-0.39, 0.29) is 38.4 Å². The average molecular weight is 270 g/mol. The van der Waals surface area contributed by atoms with E-state index in [0.29, 0.717) is 0 Å².